The van der Waals surface area contributed by atoms with Gasteiger partial charge in [-0.05, 0) is 51.2 Å². The summed E-state index contributed by atoms with van der Waals surface area (Å²) in [5, 5.41) is 0.486. The number of hydrogen-bond acceptors (Lipinski definition) is 3. The van der Waals surface area contributed by atoms with Crippen LogP contribution in [0.1, 0.15) is 37.6 Å². The zero-order valence-corrected chi connectivity index (χ0v) is 14.8. The topological polar surface area (TPSA) is 23.6 Å². The molecule has 118 valence electrons. The Morgan fingerprint density at radius 3 is 2.38 bits per heavy atom. The summed E-state index contributed by atoms with van der Waals surface area (Å²) in [4.78, 5) is 17.5. The SMILES string of the molecule is CCN(CC)CCCN(CC)C(=O)c1cc(S)ccc1Cl. The number of amides is 1. The number of hydrogen-bond donors (Lipinski definition) is 1. The molecule has 1 aromatic rings. The minimum Gasteiger partial charge on any atom is -0.339 e. The van der Waals surface area contributed by atoms with Crippen LogP contribution in [0.15, 0.2) is 23.1 Å². The highest BCUT2D eigenvalue weighted by atomic mass is 35.5. The van der Waals surface area contributed by atoms with E-state index in [1.54, 1.807) is 18.2 Å². The average molecular weight is 329 g/mol. The van der Waals surface area contributed by atoms with Crippen LogP contribution in [0.3, 0.4) is 0 Å². The van der Waals surface area contributed by atoms with Crippen molar-refractivity contribution in [1.82, 2.24) is 9.80 Å². The van der Waals surface area contributed by atoms with Crippen molar-refractivity contribution in [3.63, 3.8) is 0 Å². The van der Waals surface area contributed by atoms with Gasteiger partial charge < -0.3 is 9.80 Å². The van der Waals surface area contributed by atoms with Crippen LogP contribution in [0.25, 0.3) is 0 Å². The van der Waals surface area contributed by atoms with Gasteiger partial charge in [-0.2, -0.15) is 0 Å². The van der Waals surface area contributed by atoms with Crippen LogP contribution < -0.4 is 0 Å². The van der Waals surface area contributed by atoms with Crippen molar-refractivity contribution in [3.8, 4) is 0 Å². The molecular weight excluding hydrogens is 304 g/mol. The fourth-order valence-corrected chi connectivity index (χ4v) is 2.68. The molecule has 0 aliphatic carbocycles. The number of carbonyl (C=O) groups is 1. The van der Waals surface area contributed by atoms with Crippen molar-refractivity contribution in [2.75, 3.05) is 32.7 Å². The third-order valence-electron chi connectivity index (χ3n) is 3.65. The van der Waals surface area contributed by atoms with Gasteiger partial charge in [-0.15, -0.1) is 12.6 Å². The van der Waals surface area contributed by atoms with Crippen molar-refractivity contribution in [2.24, 2.45) is 0 Å². The van der Waals surface area contributed by atoms with Gasteiger partial charge in [0.2, 0.25) is 0 Å². The van der Waals surface area contributed by atoms with Crippen LogP contribution in [0.4, 0.5) is 0 Å². The van der Waals surface area contributed by atoms with Gasteiger partial charge in [-0.3, -0.25) is 4.79 Å². The molecule has 0 radical (unpaired) electrons. The number of nitrogens with zero attached hydrogens (tertiary/aromatic N) is 2. The van der Waals surface area contributed by atoms with E-state index in [0.717, 1.165) is 37.5 Å². The predicted molar refractivity (Wildman–Crippen MR) is 92.7 cm³/mol. The van der Waals surface area contributed by atoms with E-state index in [1.165, 1.54) is 0 Å². The minimum atomic E-state index is -0.0158. The van der Waals surface area contributed by atoms with E-state index in [4.69, 9.17) is 11.6 Å². The lowest BCUT2D eigenvalue weighted by Crippen LogP contribution is -2.34. The molecule has 0 aliphatic rings. The third-order valence-corrected chi connectivity index (χ3v) is 4.25. The molecule has 1 rings (SSSR count). The van der Waals surface area contributed by atoms with Gasteiger partial charge in [0.15, 0.2) is 0 Å². The van der Waals surface area contributed by atoms with E-state index in [9.17, 15) is 4.79 Å². The van der Waals surface area contributed by atoms with Crippen molar-refractivity contribution in [2.45, 2.75) is 32.1 Å². The van der Waals surface area contributed by atoms with Crippen molar-refractivity contribution in [1.29, 1.82) is 0 Å². The highest BCUT2D eigenvalue weighted by Gasteiger charge is 2.17. The standard InChI is InChI=1S/C16H25ClN2OS/c1-4-18(5-2)10-7-11-19(6-3)16(20)14-12-13(21)8-9-15(14)17/h8-9,12,21H,4-7,10-11H2,1-3H3. The van der Waals surface area contributed by atoms with Crippen LogP contribution in [0.5, 0.6) is 0 Å². The second-order valence-electron chi connectivity index (χ2n) is 4.93. The van der Waals surface area contributed by atoms with Crippen LogP contribution in [0.2, 0.25) is 5.02 Å². The second kappa shape index (κ2) is 9.34. The molecule has 0 saturated heterocycles. The molecule has 0 N–H and O–H groups in total. The molecule has 0 unspecified atom stereocenters. The highest BCUT2D eigenvalue weighted by Crippen LogP contribution is 2.21. The molecule has 0 heterocycles. The van der Waals surface area contributed by atoms with Crippen LogP contribution >= 0.6 is 24.2 Å². The predicted octanol–water partition coefficient (Wildman–Crippen LogP) is 3.82. The summed E-state index contributed by atoms with van der Waals surface area (Å²) in [6.07, 6.45) is 0.972. The number of benzene rings is 1. The summed E-state index contributed by atoms with van der Waals surface area (Å²) in [6.45, 7) is 10.8. The lowest BCUT2D eigenvalue weighted by Gasteiger charge is -2.24. The minimum absolute atomic E-state index is 0.0158. The van der Waals surface area contributed by atoms with Gasteiger partial charge in [-0.1, -0.05) is 25.4 Å². The maximum atomic E-state index is 12.6. The average Bonchev–Trinajstić information content (AvgIpc) is 2.49. The van der Waals surface area contributed by atoms with E-state index in [-0.39, 0.29) is 5.91 Å². The molecule has 0 fully saturated rings. The first-order chi connectivity index (χ1) is 10.0. The maximum absolute atomic E-state index is 12.6. The first-order valence-corrected chi connectivity index (χ1v) is 8.36. The van der Waals surface area contributed by atoms with Crippen molar-refractivity contribution < 1.29 is 4.79 Å². The van der Waals surface area contributed by atoms with Crippen LogP contribution in [-0.4, -0.2) is 48.4 Å². The molecule has 21 heavy (non-hydrogen) atoms. The van der Waals surface area contributed by atoms with Gasteiger partial charge in [0.25, 0.3) is 5.91 Å². The number of carbonyl (C=O) groups excluding carboxylic acids is 1. The van der Waals surface area contributed by atoms with Gasteiger partial charge in [-0.25, -0.2) is 0 Å². The quantitative estimate of drug-likeness (QED) is 0.733. The normalized spacial score (nSPS) is 11.0. The molecule has 5 heteroatoms. The van der Waals surface area contributed by atoms with Crippen LogP contribution in [0, 0.1) is 0 Å². The van der Waals surface area contributed by atoms with E-state index < -0.39 is 0 Å². The summed E-state index contributed by atoms with van der Waals surface area (Å²) in [6, 6.07) is 5.25. The highest BCUT2D eigenvalue weighted by molar-refractivity contribution is 7.80. The molecule has 1 aromatic carbocycles. The smallest absolute Gasteiger partial charge is 0.255 e. The summed E-state index contributed by atoms with van der Waals surface area (Å²) < 4.78 is 0. The Kier molecular flexibility index (Phi) is 8.15. The molecule has 0 bridgehead atoms. The monoisotopic (exact) mass is 328 g/mol. The Balaban J connectivity index is 2.67. The molecule has 0 saturated carbocycles. The van der Waals surface area contributed by atoms with Gasteiger partial charge >= 0.3 is 0 Å². The van der Waals surface area contributed by atoms with E-state index in [1.807, 2.05) is 11.8 Å². The summed E-state index contributed by atoms with van der Waals surface area (Å²) in [7, 11) is 0. The Bertz CT molecular complexity index is 464. The van der Waals surface area contributed by atoms with E-state index in [2.05, 4.69) is 31.4 Å². The zero-order chi connectivity index (χ0) is 15.8. The Morgan fingerprint density at radius 1 is 1.14 bits per heavy atom. The van der Waals surface area contributed by atoms with Crippen molar-refractivity contribution >= 4 is 30.1 Å². The Morgan fingerprint density at radius 2 is 1.81 bits per heavy atom. The van der Waals surface area contributed by atoms with E-state index >= 15 is 0 Å². The summed E-state index contributed by atoms with van der Waals surface area (Å²) in [5.74, 6) is -0.0158. The lowest BCUT2D eigenvalue weighted by molar-refractivity contribution is 0.0757. The zero-order valence-electron chi connectivity index (χ0n) is 13.1. The number of rotatable bonds is 8. The van der Waals surface area contributed by atoms with Crippen LogP contribution in [-0.2, 0) is 0 Å². The molecular formula is C16H25ClN2OS. The first-order valence-electron chi connectivity index (χ1n) is 7.53. The fourth-order valence-electron chi connectivity index (χ4n) is 2.28. The molecule has 0 aromatic heterocycles. The molecule has 3 nitrogen and oxygen atoms in total. The molecule has 1 amide bonds. The summed E-state index contributed by atoms with van der Waals surface area (Å²) >= 11 is 10.4. The second-order valence-corrected chi connectivity index (χ2v) is 5.85. The Hall–Kier alpha value is -0.710. The molecule has 0 spiro atoms. The number of thiol groups is 1. The first kappa shape index (κ1) is 18.3. The van der Waals surface area contributed by atoms with E-state index in [0.29, 0.717) is 17.1 Å². The lowest BCUT2D eigenvalue weighted by atomic mass is 10.2. The van der Waals surface area contributed by atoms with Gasteiger partial charge in [0, 0.05) is 18.0 Å². The fraction of sp³-hybridized carbons (Fsp3) is 0.562. The third kappa shape index (κ3) is 5.53. The van der Waals surface area contributed by atoms with Crippen molar-refractivity contribution in [3.05, 3.63) is 28.8 Å². The van der Waals surface area contributed by atoms with Gasteiger partial charge in [0.1, 0.15) is 0 Å². The maximum Gasteiger partial charge on any atom is 0.255 e. The number of halogens is 1. The summed E-state index contributed by atoms with van der Waals surface area (Å²) in [5.41, 5.74) is 0.536. The molecule has 0 atom stereocenters. The Labute approximate surface area is 138 Å². The molecule has 0 aliphatic heterocycles. The largest absolute Gasteiger partial charge is 0.339 e. The van der Waals surface area contributed by atoms with Gasteiger partial charge in [0.05, 0.1) is 10.6 Å².